The number of rotatable bonds is 10. The summed E-state index contributed by atoms with van der Waals surface area (Å²) in [6.07, 6.45) is 4.30. The molecule has 0 radical (unpaired) electrons. The van der Waals surface area contributed by atoms with E-state index in [0.29, 0.717) is 66.2 Å². The SMILES string of the molecule is COCCNCC(=O)Nc1ccc(Nc2nccc(-c3cnc(N4CC[C@H](F)C4)c(C#N)c3)n2)cn1. The van der Waals surface area contributed by atoms with Crippen molar-refractivity contribution in [2.75, 3.05) is 55.4 Å². The first-order valence-corrected chi connectivity index (χ1v) is 11.4. The Morgan fingerprint density at radius 2 is 2.17 bits per heavy atom. The number of pyridine rings is 2. The van der Waals surface area contributed by atoms with Crippen LogP contribution in [0.2, 0.25) is 0 Å². The van der Waals surface area contributed by atoms with Crippen molar-refractivity contribution in [2.24, 2.45) is 0 Å². The molecule has 1 amide bonds. The minimum Gasteiger partial charge on any atom is -0.383 e. The maximum absolute atomic E-state index is 13.6. The smallest absolute Gasteiger partial charge is 0.239 e. The molecule has 0 aliphatic carbocycles. The van der Waals surface area contributed by atoms with Gasteiger partial charge in [0.15, 0.2) is 0 Å². The molecule has 3 aromatic rings. The number of nitriles is 1. The van der Waals surface area contributed by atoms with Gasteiger partial charge in [0.2, 0.25) is 11.9 Å². The Hall–Kier alpha value is -4.21. The van der Waals surface area contributed by atoms with Crippen LogP contribution in [0.5, 0.6) is 0 Å². The summed E-state index contributed by atoms with van der Waals surface area (Å²) in [6, 6.07) is 8.98. The summed E-state index contributed by atoms with van der Waals surface area (Å²) in [4.78, 5) is 31.1. The normalized spacial score (nSPS) is 14.9. The van der Waals surface area contributed by atoms with Gasteiger partial charge >= 0.3 is 0 Å². The van der Waals surface area contributed by atoms with Gasteiger partial charge in [-0.05, 0) is 30.7 Å². The molecule has 11 nitrogen and oxygen atoms in total. The highest BCUT2D eigenvalue weighted by Gasteiger charge is 2.25. The lowest BCUT2D eigenvalue weighted by Crippen LogP contribution is -2.30. The Labute approximate surface area is 207 Å². The lowest BCUT2D eigenvalue weighted by molar-refractivity contribution is -0.115. The van der Waals surface area contributed by atoms with Crippen LogP contribution in [0.25, 0.3) is 11.3 Å². The van der Waals surface area contributed by atoms with Crippen molar-refractivity contribution in [2.45, 2.75) is 12.6 Å². The number of hydrogen-bond donors (Lipinski definition) is 3. The minimum absolute atomic E-state index is 0.156. The van der Waals surface area contributed by atoms with E-state index in [9.17, 15) is 14.4 Å². The van der Waals surface area contributed by atoms with Crippen LogP contribution in [-0.4, -0.2) is 71.9 Å². The molecule has 0 saturated carbocycles. The molecule has 186 valence electrons. The van der Waals surface area contributed by atoms with Crippen LogP contribution in [0.3, 0.4) is 0 Å². The fraction of sp³-hybridized carbons (Fsp3) is 0.333. The van der Waals surface area contributed by atoms with Crippen molar-refractivity contribution in [3.8, 4) is 17.3 Å². The predicted molar refractivity (Wildman–Crippen MR) is 133 cm³/mol. The molecule has 1 fully saturated rings. The van der Waals surface area contributed by atoms with Crippen molar-refractivity contribution >= 4 is 29.2 Å². The number of carbonyl (C=O) groups excluding carboxylic acids is 1. The average molecular weight is 492 g/mol. The van der Waals surface area contributed by atoms with E-state index >= 15 is 0 Å². The van der Waals surface area contributed by atoms with Crippen LogP contribution in [0.15, 0.2) is 42.9 Å². The van der Waals surface area contributed by atoms with Gasteiger partial charge in [0.1, 0.15) is 23.9 Å². The zero-order chi connectivity index (χ0) is 25.3. The number of alkyl halides is 1. The molecular formula is C24H26FN9O2. The number of methoxy groups -OCH3 is 1. The number of hydrogen-bond acceptors (Lipinski definition) is 10. The number of anilines is 4. The number of nitrogens with one attached hydrogen (secondary N) is 3. The van der Waals surface area contributed by atoms with Gasteiger partial charge in [-0.25, -0.2) is 24.3 Å². The lowest BCUT2D eigenvalue weighted by atomic mass is 10.1. The topological polar surface area (TPSA) is 141 Å². The van der Waals surface area contributed by atoms with Gasteiger partial charge in [0.25, 0.3) is 0 Å². The van der Waals surface area contributed by atoms with Crippen molar-refractivity contribution < 1.29 is 13.9 Å². The van der Waals surface area contributed by atoms with Crippen LogP contribution in [-0.2, 0) is 9.53 Å². The van der Waals surface area contributed by atoms with Crippen LogP contribution in [0, 0.1) is 11.3 Å². The zero-order valence-corrected chi connectivity index (χ0v) is 19.7. The number of ether oxygens (including phenoxy) is 1. The predicted octanol–water partition coefficient (Wildman–Crippen LogP) is 2.27. The van der Waals surface area contributed by atoms with Crippen LogP contribution in [0.4, 0.5) is 27.7 Å². The third kappa shape index (κ3) is 6.47. The fourth-order valence-corrected chi connectivity index (χ4v) is 3.66. The summed E-state index contributed by atoms with van der Waals surface area (Å²) in [5.41, 5.74) is 2.22. The third-order valence-corrected chi connectivity index (χ3v) is 5.42. The number of nitrogens with zero attached hydrogens (tertiary/aromatic N) is 6. The number of halogens is 1. The maximum atomic E-state index is 13.6. The monoisotopic (exact) mass is 491 g/mol. The molecule has 4 heterocycles. The molecule has 1 saturated heterocycles. The fourth-order valence-electron chi connectivity index (χ4n) is 3.66. The molecular weight excluding hydrogens is 465 g/mol. The minimum atomic E-state index is -0.906. The highest BCUT2D eigenvalue weighted by molar-refractivity contribution is 5.91. The van der Waals surface area contributed by atoms with Gasteiger partial charge < -0.3 is 25.6 Å². The molecule has 0 aromatic carbocycles. The van der Waals surface area contributed by atoms with Crippen molar-refractivity contribution in [1.29, 1.82) is 5.26 Å². The van der Waals surface area contributed by atoms with E-state index in [1.807, 2.05) is 0 Å². The molecule has 0 bridgehead atoms. The average Bonchev–Trinajstić information content (AvgIpc) is 3.33. The molecule has 3 N–H and O–H groups in total. The summed E-state index contributed by atoms with van der Waals surface area (Å²) in [5, 5.41) is 18.4. The second-order valence-corrected chi connectivity index (χ2v) is 8.08. The van der Waals surface area contributed by atoms with E-state index in [-0.39, 0.29) is 19.0 Å². The summed E-state index contributed by atoms with van der Waals surface area (Å²) >= 11 is 0. The molecule has 0 unspecified atom stereocenters. The summed E-state index contributed by atoms with van der Waals surface area (Å²) in [6.45, 7) is 2.03. The Morgan fingerprint density at radius 1 is 1.28 bits per heavy atom. The third-order valence-electron chi connectivity index (χ3n) is 5.42. The lowest BCUT2D eigenvalue weighted by Gasteiger charge is -2.18. The second kappa shape index (κ2) is 12.0. The summed E-state index contributed by atoms with van der Waals surface area (Å²) < 4.78 is 18.5. The summed E-state index contributed by atoms with van der Waals surface area (Å²) in [7, 11) is 1.60. The van der Waals surface area contributed by atoms with Crippen LogP contribution in [0.1, 0.15) is 12.0 Å². The standard InChI is InChI=1S/C24H26FN9O2/c1-36-9-7-27-14-22(35)33-21-3-2-19(13-29-21)31-24-28-6-4-20(32-24)17-10-16(11-26)23(30-12-17)34-8-5-18(25)15-34/h2-4,6,10,12-13,18,27H,5,7-9,14-15H2,1H3,(H,28,31,32)(H,29,33,35)/t18-/m0/s1. The van der Waals surface area contributed by atoms with E-state index in [0.717, 1.165) is 0 Å². The van der Waals surface area contributed by atoms with Crippen molar-refractivity contribution in [3.05, 3.63) is 48.4 Å². The van der Waals surface area contributed by atoms with Gasteiger partial charge in [-0.3, -0.25) is 4.79 Å². The van der Waals surface area contributed by atoms with E-state index in [1.54, 1.807) is 54.9 Å². The van der Waals surface area contributed by atoms with Gasteiger partial charge in [-0.2, -0.15) is 5.26 Å². The Morgan fingerprint density at radius 3 is 2.89 bits per heavy atom. The van der Waals surface area contributed by atoms with Gasteiger partial charge in [-0.1, -0.05) is 0 Å². The zero-order valence-electron chi connectivity index (χ0n) is 19.7. The maximum Gasteiger partial charge on any atom is 0.239 e. The van der Waals surface area contributed by atoms with Crippen molar-refractivity contribution in [3.63, 3.8) is 0 Å². The first kappa shape index (κ1) is 24.9. The van der Waals surface area contributed by atoms with Crippen LogP contribution >= 0.6 is 0 Å². The van der Waals surface area contributed by atoms with Crippen LogP contribution < -0.4 is 20.9 Å². The molecule has 12 heteroatoms. The summed E-state index contributed by atoms with van der Waals surface area (Å²) in [5.74, 6) is 1.02. The molecule has 1 aliphatic rings. The Bertz CT molecular complexity index is 1230. The highest BCUT2D eigenvalue weighted by Crippen LogP contribution is 2.27. The highest BCUT2D eigenvalue weighted by atomic mass is 19.1. The number of amides is 1. The molecule has 0 spiro atoms. The van der Waals surface area contributed by atoms with E-state index < -0.39 is 6.17 Å². The number of aromatic nitrogens is 4. The Balaban J connectivity index is 1.40. The molecule has 3 aromatic heterocycles. The van der Waals surface area contributed by atoms with Gasteiger partial charge in [0.05, 0.1) is 42.8 Å². The van der Waals surface area contributed by atoms with E-state index in [2.05, 4.69) is 42.0 Å². The van der Waals surface area contributed by atoms with Gasteiger partial charge in [-0.15, -0.1) is 0 Å². The van der Waals surface area contributed by atoms with E-state index in [1.165, 1.54) is 0 Å². The molecule has 36 heavy (non-hydrogen) atoms. The second-order valence-electron chi connectivity index (χ2n) is 8.08. The Kier molecular flexibility index (Phi) is 8.28. The van der Waals surface area contributed by atoms with Crippen molar-refractivity contribution in [1.82, 2.24) is 25.3 Å². The molecule has 1 aliphatic heterocycles. The quantitative estimate of drug-likeness (QED) is 0.362. The van der Waals surface area contributed by atoms with E-state index in [4.69, 9.17) is 4.74 Å². The first-order chi connectivity index (χ1) is 17.6. The molecule has 4 rings (SSSR count). The largest absolute Gasteiger partial charge is 0.383 e. The molecule has 1 atom stereocenters. The number of carbonyl (C=O) groups is 1. The van der Waals surface area contributed by atoms with Gasteiger partial charge in [0, 0.05) is 38.2 Å². The first-order valence-electron chi connectivity index (χ1n) is 11.4.